The number of imide groups is 1. The number of hydrogen-bond donors (Lipinski definition) is 1. The van der Waals surface area contributed by atoms with Crippen molar-refractivity contribution in [2.24, 2.45) is 0 Å². The standard InChI is InChI=1S/C20H25FN4O5S/c21-15-4-6-16(7-5-15)31(29,30)24-11-3-10-23(12-13-24)17(26)14-25-18(27)20(22-19(25)28)8-1-2-9-20/h4-7H,1-3,8-14H2,(H,22,28). The van der Waals surface area contributed by atoms with Gasteiger partial charge in [0.25, 0.3) is 5.91 Å². The molecule has 1 aromatic carbocycles. The van der Waals surface area contributed by atoms with Crippen LogP contribution in [0.2, 0.25) is 0 Å². The molecule has 0 radical (unpaired) electrons. The van der Waals surface area contributed by atoms with Crippen molar-refractivity contribution >= 4 is 27.9 Å². The van der Waals surface area contributed by atoms with Crippen LogP contribution in [0.25, 0.3) is 0 Å². The summed E-state index contributed by atoms with van der Waals surface area (Å²) < 4.78 is 40.1. The third kappa shape index (κ3) is 4.03. The van der Waals surface area contributed by atoms with Gasteiger partial charge in [-0.3, -0.25) is 14.5 Å². The molecule has 1 aromatic rings. The second-order valence-electron chi connectivity index (χ2n) is 8.20. The molecule has 168 valence electrons. The minimum absolute atomic E-state index is 0.00475. The van der Waals surface area contributed by atoms with Crippen LogP contribution in [0.5, 0.6) is 0 Å². The predicted octanol–water partition coefficient (Wildman–Crippen LogP) is 0.913. The summed E-state index contributed by atoms with van der Waals surface area (Å²) >= 11 is 0. The van der Waals surface area contributed by atoms with E-state index >= 15 is 0 Å². The Labute approximate surface area is 180 Å². The van der Waals surface area contributed by atoms with Gasteiger partial charge in [0.1, 0.15) is 17.9 Å². The number of nitrogens with one attached hydrogen (secondary N) is 1. The molecule has 0 unspecified atom stereocenters. The van der Waals surface area contributed by atoms with Gasteiger partial charge in [-0.05, 0) is 43.5 Å². The van der Waals surface area contributed by atoms with Crippen LogP contribution in [-0.2, 0) is 19.6 Å². The SMILES string of the molecule is O=C(CN1C(=O)NC2(CCCC2)C1=O)N1CCCN(S(=O)(=O)c2ccc(F)cc2)CC1. The third-order valence-electron chi connectivity index (χ3n) is 6.26. The molecule has 1 saturated carbocycles. The van der Waals surface area contributed by atoms with Crippen LogP contribution in [0.1, 0.15) is 32.1 Å². The average molecular weight is 453 g/mol. The van der Waals surface area contributed by atoms with Crippen LogP contribution < -0.4 is 5.32 Å². The van der Waals surface area contributed by atoms with E-state index in [1.807, 2.05) is 0 Å². The molecular weight excluding hydrogens is 427 g/mol. The third-order valence-corrected chi connectivity index (χ3v) is 8.17. The van der Waals surface area contributed by atoms with Gasteiger partial charge in [0.15, 0.2) is 0 Å². The fourth-order valence-corrected chi connectivity index (χ4v) is 5.98. The Kier molecular flexibility index (Phi) is 5.73. The first-order chi connectivity index (χ1) is 14.7. The van der Waals surface area contributed by atoms with E-state index in [9.17, 15) is 27.2 Å². The Bertz CT molecular complexity index is 991. The maximum absolute atomic E-state index is 13.1. The van der Waals surface area contributed by atoms with E-state index < -0.39 is 27.4 Å². The highest BCUT2D eigenvalue weighted by Crippen LogP contribution is 2.35. The summed E-state index contributed by atoms with van der Waals surface area (Å²) in [4.78, 5) is 40.3. The molecule has 9 nitrogen and oxygen atoms in total. The Morgan fingerprint density at radius 1 is 1.00 bits per heavy atom. The lowest BCUT2D eigenvalue weighted by molar-refractivity contribution is -0.138. The number of benzene rings is 1. The van der Waals surface area contributed by atoms with Gasteiger partial charge in [0, 0.05) is 26.2 Å². The summed E-state index contributed by atoms with van der Waals surface area (Å²) in [5.41, 5.74) is -0.865. The molecule has 4 amide bonds. The first-order valence-electron chi connectivity index (χ1n) is 10.4. The Morgan fingerprint density at radius 3 is 2.35 bits per heavy atom. The molecule has 2 heterocycles. The minimum atomic E-state index is -3.81. The van der Waals surface area contributed by atoms with Crippen molar-refractivity contribution in [3.63, 3.8) is 0 Å². The Hall–Kier alpha value is -2.53. The van der Waals surface area contributed by atoms with Gasteiger partial charge in [-0.15, -0.1) is 0 Å². The summed E-state index contributed by atoms with van der Waals surface area (Å²) in [5.74, 6) is -1.26. The fraction of sp³-hybridized carbons (Fsp3) is 0.550. The normalized spacial score (nSPS) is 22.1. The molecule has 0 atom stereocenters. The number of halogens is 1. The molecule has 4 rings (SSSR count). The van der Waals surface area contributed by atoms with Crippen LogP contribution >= 0.6 is 0 Å². The first kappa shape index (κ1) is 21.7. The van der Waals surface area contributed by atoms with Crippen LogP contribution in [0.3, 0.4) is 0 Å². The second-order valence-corrected chi connectivity index (χ2v) is 10.1. The summed E-state index contributed by atoms with van der Waals surface area (Å²) in [6, 6.07) is 4.07. The zero-order chi connectivity index (χ0) is 22.2. The maximum Gasteiger partial charge on any atom is 0.325 e. The lowest BCUT2D eigenvalue weighted by atomic mass is 9.98. The van der Waals surface area contributed by atoms with Gasteiger partial charge < -0.3 is 10.2 Å². The molecule has 1 spiro atoms. The Morgan fingerprint density at radius 2 is 1.68 bits per heavy atom. The van der Waals surface area contributed by atoms with E-state index in [2.05, 4.69) is 5.32 Å². The summed E-state index contributed by atoms with van der Waals surface area (Å²) in [6.45, 7) is 0.416. The van der Waals surface area contributed by atoms with E-state index in [0.717, 1.165) is 29.9 Å². The number of amides is 4. The van der Waals surface area contributed by atoms with E-state index in [1.165, 1.54) is 21.3 Å². The van der Waals surface area contributed by atoms with Gasteiger partial charge in [0.2, 0.25) is 15.9 Å². The van der Waals surface area contributed by atoms with E-state index in [0.29, 0.717) is 25.8 Å². The highest BCUT2D eigenvalue weighted by molar-refractivity contribution is 7.89. The topological polar surface area (TPSA) is 107 Å². The largest absolute Gasteiger partial charge is 0.340 e. The van der Waals surface area contributed by atoms with Gasteiger partial charge in [-0.2, -0.15) is 4.31 Å². The predicted molar refractivity (Wildman–Crippen MR) is 108 cm³/mol. The molecular formula is C20H25FN4O5S. The van der Waals surface area contributed by atoms with Crippen molar-refractivity contribution in [2.45, 2.75) is 42.5 Å². The summed E-state index contributed by atoms with van der Waals surface area (Å²) in [6.07, 6.45) is 3.30. The van der Waals surface area contributed by atoms with Gasteiger partial charge in [-0.1, -0.05) is 12.8 Å². The minimum Gasteiger partial charge on any atom is -0.340 e. The van der Waals surface area contributed by atoms with Crippen LogP contribution in [0.15, 0.2) is 29.2 Å². The molecule has 1 aliphatic carbocycles. The van der Waals surface area contributed by atoms with Crippen LogP contribution in [0, 0.1) is 5.82 Å². The van der Waals surface area contributed by atoms with E-state index in [1.54, 1.807) is 0 Å². The molecule has 2 aliphatic heterocycles. The van der Waals surface area contributed by atoms with Crippen molar-refractivity contribution in [1.82, 2.24) is 19.4 Å². The number of nitrogens with zero attached hydrogens (tertiary/aromatic N) is 3. The number of hydrogen-bond acceptors (Lipinski definition) is 5. The average Bonchev–Trinajstić information content (AvgIpc) is 3.17. The van der Waals surface area contributed by atoms with Gasteiger partial charge >= 0.3 is 6.03 Å². The van der Waals surface area contributed by atoms with E-state index in [-0.39, 0.29) is 42.9 Å². The monoisotopic (exact) mass is 452 g/mol. The number of carbonyl (C=O) groups excluding carboxylic acids is 3. The van der Waals surface area contributed by atoms with Gasteiger partial charge in [-0.25, -0.2) is 17.6 Å². The number of carbonyl (C=O) groups is 3. The molecule has 31 heavy (non-hydrogen) atoms. The first-order valence-corrected chi connectivity index (χ1v) is 11.8. The van der Waals surface area contributed by atoms with Crippen molar-refractivity contribution in [1.29, 1.82) is 0 Å². The van der Waals surface area contributed by atoms with E-state index in [4.69, 9.17) is 0 Å². The molecule has 2 saturated heterocycles. The Balaban J connectivity index is 1.39. The summed E-state index contributed by atoms with van der Waals surface area (Å²) in [5, 5.41) is 2.75. The molecule has 3 fully saturated rings. The van der Waals surface area contributed by atoms with Gasteiger partial charge in [0.05, 0.1) is 4.90 Å². The zero-order valence-corrected chi connectivity index (χ0v) is 17.9. The number of urea groups is 1. The summed E-state index contributed by atoms with van der Waals surface area (Å²) in [7, 11) is -3.81. The van der Waals surface area contributed by atoms with Crippen molar-refractivity contribution < 1.29 is 27.2 Å². The highest BCUT2D eigenvalue weighted by Gasteiger charge is 2.52. The molecule has 11 heteroatoms. The smallest absolute Gasteiger partial charge is 0.325 e. The molecule has 3 aliphatic rings. The number of rotatable bonds is 4. The quantitative estimate of drug-likeness (QED) is 0.684. The zero-order valence-electron chi connectivity index (χ0n) is 17.0. The maximum atomic E-state index is 13.1. The second kappa shape index (κ2) is 8.19. The number of sulfonamides is 1. The van der Waals surface area contributed by atoms with Crippen molar-refractivity contribution in [3.05, 3.63) is 30.1 Å². The van der Waals surface area contributed by atoms with Crippen LogP contribution in [-0.4, -0.2) is 78.6 Å². The van der Waals surface area contributed by atoms with Crippen LogP contribution in [0.4, 0.5) is 9.18 Å². The van der Waals surface area contributed by atoms with Crippen molar-refractivity contribution in [3.8, 4) is 0 Å². The highest BCUT2D eigenvalue weighted by atomic mass is 32.2. The molecule has 1 N–H and O–H groups in total. The lowest BCUT2D eigenvalue weighted by Crippen LogP contribution is -2.46. The molecule has 0 bridgehead atoms. The molecule has 0 aromatic heterocycles. The fourth-order valence-electron chi connectivity index (χ4n) is 4.51. The lowest BCUT2D eigenvalue weighted by Gasteiger charge is -2.24. The van der Waals surface area contributed by atoms with Crippen molar-refractivity contribution in [2.75, 3.05) is 32.7 Å².